The average Bonchev–Trinajstić information content (AvgIpc) is 2.59. The minimum absolute atomic E-state index is 0.334. The summed E-state index contributed by atoms with van der Waals surface area (Å²) in [6, 6.07) is 6.52. The molecule has 0 aromatic heterocycles. The number of carbonyl (C=O) groups excluding carboxylic acids is 2. The summed E-state index contributed by atoms with van der Waals surface area (Å²) in [6.07, 6.45) is 2.69. The van der Waals surface area contributed by atoms with Crippen molar-refractivity contribution >= 4 is 12.0 Å². The van der Waals surface area contributed by atoms with Gasteiger partial charge in [-0.15, -0.1) is 0 Å². The fourth-order valence-electron chi connectivity index (χ4n) is 2.58. The minimum atomic E-state index is -0.539. The maximum Gasteiger partial charge on any atom is 0.338 e. The van der Waals surface area contributed by atoms with E-state index in [2.05, 4.69) is 10.6 Å². The van der Waals surface area contributed by atoms with Crippen molar-refractivity contribution < 1.29 is 19.1 Å². The van der Waals surface area contributed by atoms with Crippen LogP contribution in [0.15, 0.2) is 35.5 Å². The highest BCUT2D eigenvalue weighted by Gasteiger charge is 2.32. The van der Waals surface area contributed by atoms with Gasteiger partial charge < -0.3 is 20.1 Å². The molecule has 0 bridgehead atoms. The third kappa shape index (κ3) is 4.98. The summed E-state index contributed by atoms with van der Waals surface area (Å²) in [4.78, 5) is 24.3. The van der Waals surface area contributed by atoms with Gasteiger partial charge in [0.1, 0.15) is 5.75 Å². The fraction of sp³-hybridized carbons (Fsp3) is 0.474. The minimum Gasteiger partial charge on any atom is -0.494 e. The first-order valence-electron chi connectivity index (χ1n) is 8.75. The second kappa shape index (κ2) is 9.11. The summed E-state index contributed by atoms with van der Waals surface area (Å²) in [7, 11) is 0. The van der Waals surface area contributed by atoms with Gasteiger partial charge in [-0.2, -0.15) is 0 Å². The molecular formula is C19H26N2O4. The van der Waals surface area contributed by atoms with Crippen LogP contribution in [0.2, 0.25) is 0 Å². The normalized spacial score (nSPS) is 16.9. The number of amides is 2. The average molecular weight is 346 g/mol. The molecule has 6 heteroatoms. The van der Waals surface area contributed by atoms with Crippen LogP contribution in [0.4, 0.5) is 4.79 Å². The summed E-state index contributed by atoms with van der Waals surface area (Å²) >= 11 is 0. The molecule has 1 heterocycles. The monoisotopic (exact) mass is 346 g/mol. The molecule has 1 aliphatic rings. The van der Waals surface area contributed by atoms with E-state index in [4.69, 9.17) is 9.47 Å². The summed E-state index contributed by atoms with van der Waals surface area (Å²) < 4.78 is 10.9. The first-order chi connectivity index (χ1) is 12.1. The predicted molar refractivity (Wildman–Crippen MR) is 95.2 cm³/mol. The van der Waals surface area contributed by atoms with Crippen molar-refractivity contribution in [3.63, 3.8) is 0 Å². The van der Waals surface area contributed by atoms with Crippen LogP contribution in [-0.2, 0) is 9.53 Å². The summed E-state index contributed by atoms with van der Waals surface area (Å²) in [5.41, 5.74) is 1.75. The van der Waals surface area contributed by atoms with Gasteiger partial charge >= 0.3 is 12.0 Å². The van der Waals surface area contributed by atoms with E-state index in [0.717, 1.165) is 30.6 Å². The number of ether oxygens (including phenoxy) is 2. The van der Waals surface area contributed by atoms with Gasteiger partial charge in [-0.05, 0) is 37.5 Å². The highest BCUT2D eigenvalue weighted by Crippen LogP contribution is 2.28. The van der Waals surface area contributed by atoms with Gasteiger partial charge in [0.15, 0.2) is 0 Å². The van der Waals surface area contributed by atoms with Gasteiger partial charge in [-0.25, -0.2) is 9.59 Å². The van der Waals surface area contributed by atoms with Crippen molar-refractivity contribution in [2.24, 2.45) is 0 Å². The zero-order valence-corrected chi connectivity index (χ0v) is 15.1. The van der Waals surface area contributed by atoms with Crippen LogP contribution >= 0.6 is 0 Å². The van der Waals surface area contributed by atoms with Gasteiger partial charge in [0, 0.05) is 5.70 Å². The molecule has 0 spiro atoms. The number of allylic oxidation sites excluding steroid dienone is 1. The van der Waals surface area contributed by atoms with Crippen LogP contribution < -0.4 is 15.4 Å². The van der Waals surface area contributed by atoms with E-state index in [9.17, 15) is 9.59 Å². The third-order valence-electron chi connectivity index (χ3n) is 3.91. The van der Waals surface area contributed by atoms with Crippen LogP contribution in [0.5, 0.6) is 5.75 Å². The molecule has 25 heavy (non-hydrogen) atoms. The molecule has 2 rings (SSSR count). The lowest BCUT2D eigenvalue weighted by molar-refractivity contribution is -0.139. The molecule has 2 N–H and O–H groups in total. The highest BCUT2D eigenvalue weighted by atomic mass is 16.5. The fourth-order valence-corrected chi connectivity index (χ4v) is 2.58. The molecule has 0 fully saturated rings. The molecule has 2 amide bonds. The number of hydrogen-bond donors (Lipinski definition) is 2. The van der Waals surface area contributed by atoms with Crippen molar-refractivity contribution in [3.05, 3.63) is 41.1 Å². The molecule has 0 saturated carbocycles. The zero-order chi connectivity index (χ0) is 18.2. The molecular weight excluding hydrogens is 320 g/mol. The van der Waals surface area contributed by atoms with Crippen LogP contribution in [0, 0.1) is 0 Å². The Morgan fingerprint density at radius 1 is 1.12 bits per heavy atom. The van der Waals surface area contributed by atoms with Gasteiger partial charge in [0.25, 0.3) is 0 Å². The molecule has 0 aliphatic carbocycles. The Hall–Kier alpha value is -2.50. The Labute approximate surface area is 148 Å². The molecule has 1 atom stereocenters. The maximum atomic E-state index is 12.5. The number of hydrogen-bond acceptors (Lipinski definition) is 4. The second-order valence-corrected chi connectivity index (χ2v) is 5.98. The molecule has 6 nitrogen and oxygen atoms in total. The highest BCUT2D eigenvalue weighted by molar-refractivity contribution is 5.95. The van der Waals surface area contributed by atoms with Gasteiger partial charge in [-0.1, -0.05) is 32.4 Å². The lowest BCUT2D eigenvalue weighted by Gasteiger charge is -2.28. The number of urea groups is 1. The molecule has 136 valence electrons. The number of rotatable bonds is 8. The van der Waals surface area contributed by atoms with Crippen LogP contribution in [0.1, 0.15) is 51.6 Å². The van der Waals surface area contributed by atoms with Crippen molar-refractivity contribution in [2.75, 3.05) is 13.2 Å². The van der Waals surface area contributed by atoms with Gasteiger partial charge in [-0.3, -0.25) is 0 Å². The molecule has 1 aromatic carbocycles. The van der Waals surface area contributed by atoms with Crippen LogP contribution in [-0.4, -0.2) is 25.2 Å². The number of nitrogens with one attached hydrogen (secondary N) is 2. The lowest BCUT2D eigenvalue weighted by atomic mass is 9.95. The molecule has 0 radical (unpaired) electrons. The van der Waals surface area contributed by atoms with E-state index in [1.807, 2.05) is 38.1 Å². The van der Waals surface area contributed by atoms with Crippen LogP contribution in [0.3, 0.4) is 0 Å². The largest absolute Gasteiger partial charge is 0.494 e. The van der Waals surface area contributed by atoms with E-state index in [-0.39, 0.29) is 6.03 Å². The maximum absolute atomic E-state index is 12.5. The summed E-state index contributed by atoms with van der Waals surface area (Å²) in [6.45, 7) is 6.81. The number of carbonyl (C=O) groups is 2. The van der Waals surface area contributed by atoms with Gasteiger partial charge in [0.2, 0.25) is 0 Å². The first-order valence-corrected chi connectivity index (χ1v) is 8.75. The number of benzene rings is 1. The van der Waals surface area contributed by atoms with E-state index >= 15 is 0 Å². The Morgan fingerprint density at radius 3 is 2.48 bits per heavy atom. The Morgan fingerprint density at radius 2 is 1.84 bits per heavy atom. The van der Waals surface area contributed by atoms with Crippen molar-refractivity contribution in [2.45, 2.75) is 46.1 Å². The molecule has 0 unspecified atom stereocenters. The first kappa shape index (κ1) is 18.8. The van der Waals surface area contributed by atoms with E-state index in [0.29, 0.717) is 24.5 Å². The lowest BCUT2D eigenvalue weighted by Crippen LogP contribution is -2.45. The second-order valence-electron chi connectivity index (χ2n) is 5.98. The van der Waals surface area contributed by atoms with Crippen LogP contribution in [0.25, 0.3) is 0 Å². The third-order valence-corrected chi connectivity index (χ3v) is 3.91. The van der Waals surface area contributed by atoms with Crippen molar-refractivity contribution in [3.8, 4) is 5.75 Å². The number of esters is 1. The predicted octanol–water partition coefficient (Wildman–Crippen LogP) is 3.45. The van der Waals surface area contributed by atoms with Crippen molar-refractivity contribution in [1.29, 1.82) is 0 Å². The van der Waals surface area contributed by atoms with E-state index < -0.39 is 12.0 Å². The SMILES string of the molecule is CCCCOC(=O)C1=C(C)NC(=O)N[C@H]1c1ccc(OCCC)cc1. The Balaban J connectivity index is 2.21. The Bertz CT molecular complexity index is 637. The summed E-state index contributed by atoms with van der Waals surface area (Å²) in [5.74, 6) is 0.355. The molecule has 1 aromatic rings. The molecule has 0 saturated heterocycles. The standard InChI is InChI=1S/C19H26N2O4/c1-4-6-12-25-18(22)16-13(3)20-19(23)21-17(16)14-7-9-15(10-8-14)24-11-5-2/h7-10,17H,4-6,11-12H2,1-3H3,(H2,20,21,23)/t17-/m0/s1. The van der Waals surface area contributed by atoms with E-state index in [1.165, 1.54) is 0 Å². The zero-order valence-electron chi connectivity index (χ0n) is 15.1. The smallest absolute Gasteiger partial charge is 0.338 e. The van der Waals surface area contributed by atoms with E-state index in [1.54, 1.807) is 6.92 Å². The Kier molecular flexibility index (Phi) is 6.86. The van der Waals surface area contributed by atoms with Gasteiger partial charge in [0.05, 0.1) is 24.8 Å². The quantitative estimate of drug-likeness (QED) is 0.558. The molecule has 1 aliphatic heterocycles. The topological polar surface area (TPSA) is 76.7 Å². The number of unbranched alkanes of at least 4 members (excludes halogenated alkanes) is 1. The van der Waals surface area contributed by atoms with Crippen molar-refractivity contribution in [1.82, 2.24) is 10.6 Å². The summed E-state index contributed by atoms with van der Waals surface area (Å²) in [5, 5.41) is 5.44.